The molecule has 126 valence electrons. The Labute approximate surface area is 134 Å². The summed E-state index contributed by atoms with van der Waals surface area (Å²) in [5.74, 6) is 1.50. The second-order valence-electron chi connectivity index (χ2n) is 6.88. The molecule has 0 heterocycles. The fourth-order valence-electron chi connectivity index (χ4n) is 2.87. The zero-order chi connectivity index (χ0) is 16.9. The average Bonchev–Trinajstić information content (AvgIpc) is 2.43. The quantitative estimate of drug-likeness (QED) is 0.772. The molecule has 0 aliphatic heterocycles. The van der Waals surface area contributed by atoms with Crippen LogP contribution in [0.3, 0.4) is 0 Å². The van der Waals surface area contributed by atoms with Crippen LogP contribution in [-0.4, -0.2) is 32.0 Å². The van der Waals surface area contributed by atoms with Gasteiger partial charge in [0.05, 0.1) is 20.3 Å². The van der Waals surface area contributed by atoms with Crippen molar-refractivity contribution in [3.63, 3.8) is 0 Å². The lowest BCUT2D eigenvalue weighted by Crippen LogP contribution is -2.33. The number of nitrogens with one attached hydrogen (secondary N) is 1. The maximum atomic E-state index is 9.58. The first-order valence-corrected chi connectivity index (χ1v) is 7.84. The Balaban J connectivity index is 2.83. The average molecular weight is 309 g/mol. The van der Waals surface area contributed by atoms with Crippen molar-refractivity contribution in [2.24, 2.45) is 5.41 Å². The number of aryl methyl sites for hydroxylation is 1. The zero-order valence-corrected chi connectivity index (χ0v) is 15.0. The Bertz CT molecular complexity index is 483. The molecule has 0 saturated carbocycles. The van der Waals surface area contributed by atoms with Gasteiger partial charge in [-0.2, -0.15) is 0 Å². The van der Waals surface area contributed by atoms with Gasteiger partial charge in [-0.05, 0) is 55.9 Å². The molecule has 0 radical (unpaired) electrons. The highest BCUT2D eigenvalue weighted by Crippen LogP contribution is 2.33. The molecule has 4 nitrogen and oxygen atoms in total. The lowest BCUT2D eigenvalue weighted by atomic mass is 9.86. The van der Waals surface area contributed by atoms with Crippen LogP contribution in [0.4, 0.5) is 0 Å². The summed E-state index contributed by atoms with van der Waals surface area (Å²) in [5.41, 5.74) is 2.42. The Morgan fingerprint density at radius 3 is 2.18 bits per heavy atom. The van der Waals surface area contributed by atoms with Gasteiger partial charge in [0.25, 0.3) is 0 Å². The molecule has 4 heteroatoms. The number of aliphatic hydroxyl groups is 1. The third kappa shape index (κ3) is 5.18. The minimum atomic E-state index is -0.282. The maximum absolute atomic E-state index is 9.58. The Kier molecular flexibility index (Phi) is 6.69. The summed E-state index contributed by atoms with van der Waals surface area (Å²) in [6.45, 7) is 11.2. The van der Waals surface area contributed by atoms with Crippen molar-refractivity contribution in [2.45, 2.75) is 53.2 Å². The Morgan fingerprint density at radius 2 is 1.68 bits per heavy atom. The van der Waals surface area contributed by atoms with Crippen molar-refractivity contribution in [2.75, 3.05) is 20.8 Å². The monoisotopic (exact) mass is 309 g/mol. The van der Waals surface area contributed by atoms with Crippen LogP contribution in [0.15, 0.2) is 12.1 Å². The van der Waals surface area contributed by atoms with E-state index in [0.717, 1.165) is 24.5 Å². The minimum absolute atomic E-state index is 0.0485. The van der Waals surface area contributed by atoms with Gasteiger partial charge in [0.1, 0.15) is 0 Å². The molecule has 0 fully saturated rings. The Morgan fingerprint density at radius 1 is 1.14 bits per heavy atom. The van der Waals surface area contributed by atoms with Gasteiger partial charge in [-0.15, -0.1) is 0 Å². The number of benzene rings is 1. The first kappa shape index (κ1) is 18.8. The van der Waals surface area contributed by atoms with Gasteiger partial charge >= 0.3 is 0 Å². The van der Waals surface area contributed by atoms with E-state index < -0.39 is 0 Å². The van der Waals surface area contributed by atoms with E-state index in [0.29, 0.717) is 0 Å². The first-order valence-electron chi connectivity index (χ1n) is 7.84. The molecule has 0 bridgehead atoms. The van der Waals surface area contributed by atoms with E-state index in [9.17, 15) is 5.11 Å². The van der Waals surface area contributed by atoms with Crippen LogP contribution in [-0.2, 0) is 0 Å². The van der Waals surface area contributed by atoms with Crippen molar-refractivity contribution in [3.05, 3.63) is 23.3 Å². The topological polar surface area (TPSA) is 50.7 Å². The molecule has 2 atom stereocenters. The largest absolute Gasteiger partial charge is 0.493 e. The van der Waals surface area contributed by atoms with Gasteiger partial charge in [-0.25, -0.2) is 0 Å². The third-order valence-electron chi connectivity index (χ3n) is 3.97. The molecular weight excluding hydrogens is 278 g/mol. The van der Waals surface area contributed by atoms with Crippen molar-refractivity contribution < 1.29 is 14.6 Å². The lowest BCUT2D eigenvalue weighted by Gasteiger charge is -2.29. The van der Waals surface area contributed by atoms with Crippen LogP contribution in [0.1, 0.15) is 51.3 Å². The molecule has 2 N–H and O–H groups in total. The fourth-order valence-corrected chi connectivity index (χ4v) is 2.87. The van der Waals surface area contributed by atoms with E-state index >= 15 is 0 Å². The molecule has 0 amide bonds. The molecular formula is C18H31NO3. The molecule has 22 heavy (non-hydrogen) atoms. The van der Waals surface area contributed by atoms with Crippen LogP contribution in [0.2, 0.25) is 0 Å². The summed E-state index contributed by atoms with van der Waals surface area (Å²) in [6, 6.07) is 4.24. The number of hydrogen-bond donors (Lipinski definition) is 2. The molecule has 0 aliphatic rings. The normalized spacial score (nSPS) is 14.5. The van der Waals surface area contributed by atoms with E-state index in [-0.39, 0.29) is 17.6 Å². The van der Waals surface area contributed by atoms with Gasteiger partial charge < -0.3 is 19.9 Å². The molecule has 2 unspecified atom stereocenters. The molecule has 1 rings (SSSR count). The van der Waals surface area contributed by atoms with E-state index in [4.69, 9.17) is 9.47 Å². The van der Waals surface area contributed by atoms with Gasteiger partial charge in [0.2, 0.25) is 0 Å². The summed E-state index contributed by atoms with van der Waals surface area (Å²) >= 11 is 0. The highest BCUT2D eigenvalue weighted by atomic mass is 16.5. The summed E-state index contributed by atoms with van der Waals surface area (Å²) in [5, 5.41) is 13.1. The van der Waals surface area contributed by atoms with Crippen LogP contribution in [0.5, 0.6) is 11.5 Å². The highest BCUT2D eigenvalue weighted by molar-refractivity contribution is 5.47. The summed E-state index contributed by atoms with van der Waals surface area (Å²) < 4.78 is 10.7. The van der Waals surface area contributed by atoms with E-state index in [2.05, 4.69) is 33.0 Å². The number of rotatable bonds is 8. The lowest BCUT2D eigenvalue weighted by molar-refractivity contribution is 0.127. The van der Waals surface area contributed by atoms with Gasteiger partial charge in [-0.3, -0.25) is 0 Å². The maximum Gasteiger partial charge on any atom is 0.161 e. The van der Waals surface area contributed by atoms with Crippen molar-refractivity contribution in [1.29, 1.82) is 0 Å². The second-order valence-corrected chi connectivity index (χ2v) is 6.88. The predicted molar refractivity (Wildman–Crippen MR) is 90.8 cm³/mol. The molecule has 0 spiro atoms. The summed E-state index contributed by atoms with van der Waals surface area (Å²) in [4.78, 5) is 0. The third-order valence-corrected chi connectivity index (χ3v) is 3.97. The number of methoxy groups -OCH3 is 2. The van der Waals surface area contributed by atoms with Gasteiger partial charge in [0.15, 0.2) is 11.5 Å². The van der Waals surface area contributed by atoms with Crippen LogP contribution in [0, 0.1) is 12.3 Å². The number of aliphatic hydroxyl groups excluding tert-OH is 1. The van der Waals surface area contributed by atoms with Crippen LogP contribution >= 0.6 is 0 Å². The van der Waals surface area contributed by atoms with Gasteiger partial charge in [0, 0.05) is 12.6 Å². The minimum Gasteiger partial charge on any atom is -0.493 e. The number of ether oxygens (including phenoxy) is 2. The second kappa shape index (κ2) is 7.84. The summed E-state index contributed by atoms with van der Waals surface area (Å²) in [7, 11) is 3.30. The molecule has 1 aromatic rings. The Hall–Kier alpha value is -1.26. The van der Waals surface area contributed by atoms with Crippen molar-refractivity contribution >= 4 is 0 Å². The van der Waals surface area contributed by atoms with Crippen molar-refractivity contribution in [3.8, 4) is 11.5 Å². The SMILES string of the molecule is COc1cc(C)c(C(C)NCC(C)(C)CC(C)O)cc1OC. The summed E-state index contributed by atoms with van der Waals surface area (Å²) in [6.07, 6.45) is 0.493. The van der Waals surface area contributed by atoms with Crippen LogP contribution in [0.25, 0.3) is 0 Å². The van der Waals surface area contributed by atoms with Crippen LogP contribution < -0.4 is 14.8 Å². The standard InChI is InChI=1S/C18H31NO3/c1-12-8-16(21-6)17(22-7)9-15(12)14(3)19-11-18(4,5)10-13(2)20/h8-9,13-14,19-20H,10-11H2,1-7H3. The molecule has 0 aromatic heterocycles. The van der Waals surface area contributed by atoms with E-state index in [1.165, 1.54) is 11.1 Å². The highest BCUT2D eigenvalue weighted by Gasteiger charge is 2.22. The van der Waals surface area contributed by atoms with Gasteiger partial charge in [-0.1, -0.05) is 13.8 Å². The predicted octanol–water partition coefficient (Wildman–Crippen LogP) is 3.46. The fraction of sp³-hybridized carbons (Fsp3) is 0.667. The molecule has 0 aliphatic carbocycles. The van der Waals surface area contributed by atoms with E-state index in [1.807, 2.05) is 19.1 Å². The van der Waals surface area contributed by atoms with Crippen molar-refractivity contribution in [1.82, 2.24) is 5.32 Å². The zero-order valence-electron chi connectivity index (χ0n) is 15.0. The molecule has 1 aromatic carbocycles. The smallest absolute Gasteiger partial charge is 0.161 e. The first-order chi connectivity index (χ1) is 10.2. The molecule has 0 saturated heterocycles. The number of hydrogen-bond acceptors (Lipinski definition) is 4. The van der Waals surface area contributed by atoms with E-state index in [1.54, 1.807) is 14.2 Å².